The number of aliphatic imine (C=N–C) groups is 1. The average Bonchev–Trinajstić information content (AvgIpc) is 3.15. The number of aryl methyl sites for hydroxylation is 1. The Bertz CT molecular complexity index is 918. The van der Waals surface area contributed by atoms with Crippen LogP contribution < -0.4 is 4.74 Å². The minimum absolute atomic E-state index is 0.0507. The number of hydrogen-bond acceptors (Lipinski definition) is 7. The number of carbonyl (C=O) groups excluding carboxylic acids is 1. The summed E-state index contributed by atoms with van der Waals surface area (Å²) in [6, 6.07) is 4.92. The van der Waals surface area contributed by atoms with Gasteiger partial charge in [-0.25, -0.2) is 4.98 Å². The molecule has 8 heteroatoms. The maximum Gasteiger partial charge on any atom is 0.267 e. The molecule has 0 aliphatic carbocycles. The number of nitrogens with zero attached hydrogens (tertiary/aromatic N) is 3. The van der Waals surface area contributed by atoms with Gasteiger partial charge in [-0.1, -0.05) is 12.1 Å². The zero-order chi connectivity index (χ0) is 18.7. The minimum atomic E-state index is -0.144. The van der Waals surface area contributed by atoms with Gasteiger partial charge in [0.15, 0.2) is 16.7 Å². The molecule has 1 aromatic heterocycles. The molecule has 3 rings (SSSR count). The molecule has 1 aliphatic heterocycles. The molecule has 2 heterocycles. The third-order valence-electron chi connectivity index (χ3n) is 3.50. The molecule has 134 valence electrons. The normalized spacial score (nSPS) is 17.3. The molecule has 0 bridgehead atoms. The van der Waals surface area contributed by atoms with E-state index < -0.39 is 0 Å². The van der Waals surface area contributed by atoms with Gasteiger partial charge in [0.05, 0.1) is 17.7 Å². The number of thioether (sulfide) groups is 1. The fourth-order valence-corrected chi connectivity index (χ4v) is 4.00. The van der Waals surface area contributed by atoms with Crippen molar-refractivity contribution in [2.45, 2.75) is 6.92 Å². The van der Waals surface area contributed by atoms with E-state index in [1.54, 1.807) is 29.2 Å². The summed E-state index contributed by atoms with van der Waals surface area (Å²) in [4.78, 5) is 23.7. The first-order valence-electron chi connectivity index (χ1n) is 7.72. The number of hydrogen-bond donors (Lipinski definition) is 1. The number of amidine groups is 1. The molecule has 1 aromatic carbocycles. The Hall–Kier alpha value is -2.58. The van der Waals surface area contributed by atoms with Crippen molar-refractivity contribution in [1.29, 1.82) is 0 Å². The number of phenolic OH excluding ortho intramolecular Hbond substituents is 1. The Labute approximate surface area is 159 Å². The van der Waals surface area contributed by atoms with Crippen LogP contribution in [0.4, 0.5) is 5.13 Å². The first-order valence-corrected chi connectivity index (χ1v) is 9.41. The van der Waals surface area contributed by atoms with Gasteiger partial charge in [0.1, 0.15) is 0 Å². The number of benzene rings is 1. The molecule has 0 saturated carbocycles. The molecular weight excluding hydrogens is 370 g/mol. The molecule has 1 N–H and O–H groups in total. The summed E-state index contributed by atoms with van der Waals surface area (Å²) in [7, 11) is 1.48. The molecule has 1 saturated heterocycles. The first-order chi connectivity index (χ1) is 12.5. The summed E-state index contributed by atoms with van der Waals surface area (Å²) in [5.41, 5.74) is 1.64. The highest BCUT2D eigenvalue weighted by Gasteiger charge is 2.32. The summed E-state index contributed by atoms with van der Waals surface area (Å²) in [6.45, 7) is 5.98. The Morgan fingerprint density at radius 3 is 2.92 bits per heavy atom. The van der Waals surface area contributed by atoms with Gasteiger partial charge < -0.3 is 9.84 Å². The summed E-state index contributed by atoms with van der Waals surface area (Å²) in [5.74, 6) is 0.258. The standard InChI is InChI=1S/C18H17N3O3S2/c1-4-7-21-16(23)15(9-12-5-6-13(22)14(8-12)24-3)26-18(21)20-17-19-11(2)10-25-17/h4-6,8-10,22H,1,7H2,2-3H3/b15-9-,20-18+. The lowest BCUT2D eigenvalue weighted by molar-refractivity contribution is -0.121. The quantitative estimate of drug-likeness (QED) is 0.621. The molecule has 0 spiro atoms. The van der Waals surface area contributed by atoms with Gasteiger partial charge in [-0.15, -0.1) is 17.9 Å². The van der Waals surface area contributed by atoms with Gasteiger partial charge in [-0.2, -0.15) is 4.99 Å². The van der Waals surface area contributed by atoms with Gasteiger partial charge in [-0.05, 0) is 42.5 Å². The SMILES string of the molecule is C=CCN1C(=O)/C(=C/c2ccc(O)c(OC)c2)S/C1=N/c1nc(C)cs1. The van der Waals surface area contributed by atoms with Crippen molar-refractivity contribution in [3.8, 4) is 11.5 Å². The van der Waals surface area contributed by atoms with Gasteiger partial charge in [0.25, 0.3) is 5.91 Å². The number of methoxy groups -OCH3 is 1. The van der Waals surface area contributed by atoms with Crippen LogP contribution in [0.2, 0.25) is 0 Å². The Balaban J connectivity index is 1.95. The maximum atomic E-state index is 12.7. The van der Waals surface area contributed by atoms with Crippen molar-refractivity contribution in [2.24, 2.45) is 4.99 Å². The molecule has 1 aliphatic rings. The molecular formula is C18H17N3O3S2. The van der Waals surface area contributed by atoms with Crippen molar-refractivity contribution in [2.75, 3.05) is 13.7 Å². The minimum Gasteiger partial charge on any atom is -0.504 e. The Morgan fingerprint density at radius 2 is 2.27 bits per heavy atom. The van der Waals surface area contributed by atoms with Gasteiger partial charge in [0.2, 0.25) is 5.13 Å². The van der Waals surface area contributed by atoms with Crippen LogP contribution in [0.1, 0.15) is 11.3 Å². The van der Waals surface area contributed by atoms with Crippen LogP contribution in [0.15, 0.2) is 46.1 Å². The summed E-state index contributed by atoms with van der Waals surface area (Å²) in [6.07, 6.45) is 3.41. The largest absolute Gasteiger partial charge is 0.504 e. The number of phenols is 1. The van der Waals surface area contributed by atoms with E-state index in [1.165, 1.54) is 36.3 Å². The second-order valence-corrected chi connectivity index (χ2v) is 7.26. The van der Waals surface area contributed by atoms with E-state index in [9.17, 15) is 9.90 Å². The van der Waals surface area contributed by atoms with Crippen LogP contribution in [-0.4, -0.2) is 39.7 Å². The van der Waals surface area contributed by atoms with Crippen molar-refractivity contribution in [3.05, 3.63) is 52.4 Å². The number of thiazole rings is 1. The first kappa shape index (κ1) is 18.2. The van der Waals surface area contributed by atoms with Crippen LogP contribution in [0.25, 0.3) is 6.08 Å². The number of aromatic nitrogens is 1. The predicted octanol–water partition coefficient (Wildman–Crippen LogP) is 3.96. The molecule has 2 aromatic rings. The van der Waals surface area contributed by atoms with E-state index in [2.05, 4.69) is 16.6 Å². The van der Waals surface area contributed by atoms with E-state index in [4.69, 9.17) is 4.74 Å². The molecule has 0 atom stereocenters. The Morgan fingerprint density at radius 1 is 1.46 bits per heavy atom. The highest BCUT2D eigenvalue weighted by Crippen LogP contribution is 2.36. The summed E-state index contributed by atoms with van der Waals surface area (Å²) >= 11 is 2.72. The topological polar surface area (TPSA) is 75.0 Å². The van der Waals surface area contributed by atoms with Crippen molar-refractivity contribution >= 4 is 45.4 Å². The zero-order valence-corrected chi connectivity index (χ0v) is 15.9. The zero-order valence-electron chi connectivity index (χ0n) is 14.3. The van der Waals surface area contributed by atoms with Crippen LogP contribution in [0.5, 0.6) is 11.5 Å². The molecule has 1 fully saturated rings. The maximum absolute atomic E-state index is 12.7. The molecule has 0 radical (unpaired) electrons. The smallest absolute Gasteiger partial charge is 0.267 e. The summed E-state index contributed by atoms with van der Waals surface area (Å²) in [5, 5.41) is 12.8. The van der Waals surface area contributed by atoms with E-state index in [1.807, 2.05) is 12.3 Å². The van der Waals surface area contributed by atoms with Crippen LogP contribution in [-0.2, 0) is 4.79 Å². The molecule has 6 nitrogen and oxygen atoms in total. The number of ether oxygens (including phenoxy) is 1. The third kappa shape index (κ3) is 3.81. The van der Waals surface area contributed by atoms with Crippen molar-refractivity contribution < 1.29 is 14.6 Å². The van der Waals surface area contributed by atoms with Gasteiger partial charge in [0, 0.05) is 11.9 Å². The molecule has 0 unspecified atom stereocenters. The van der Waals surface area contributed by atoms with E-state index in [-0.39, 0.29) is 11.7 Å². The molecule has 26 heavy (non-hydrogen) atoms. The lowest BCUT2D eigenvalue weighted by Gasteiger charge is -2.11. The van der Waals surface area contributed by atoms with Crippen molar-refractivity contribution in [3.63, 3.8) is 0 Å². The van der Waals surface area contributed by atoms with E-state index in [0.29, 0.717) is 27.5 Å². The number of aromatic hydroxyl groups is 1. The number of carbonyl (C=O) groups is 1. The second-order valence-electron chi connectivity index (χ2n) is 5.41. The fraction of sp³-hybridized carbons (Fsp3) is 0.167. The number of amides is 1. The monoisotopic (exact) mass is 387 g/mol. The van der Waals surface area contributed by atoms with Crippen LogP contribution in [0.3, 0.4) is 0 Å². The highest BCUT2D eigenvalue weighted by atomic mass is 32.2. The van der Waals surface area contributed by atoms with Crippen LogP contribution >= 0.6 is 23.1 Å². The third-order valence-corrected chi connectivity index (χ3v) is 5.36. The second kappa shape index (κ2) is 7.76. The Kier molecular flexibility index (Phi) is 5.43. The lowest BCUT2D eigenvalue weighted by atomic mass is 10.2. The van der Waals surface area contributed by atoms with Gasteiger partial charge >= 0.3 is 0 Å². The van der Waals surface area contributed by atoms with E-state index in [0.717, 1.165) is 11.3 Å². The van der Waals surface area contributed by atoms with Gasteiger partial charge in [-0.3, -0.25) is 9.69 Å². The van der Waals surface area contributed by atoms with Crippen LogP contribution in [0, 0.1) is 6.92 Å². The summed E-state index contributed by atoms with van der Waals surface area (Å²) < 4.78 is 5.11. The highest BCUT2D eigenvalue weighted by molar-refractivity contribution is 8.18. The van der Waals surface area contributed by atoms with E-state index >= 15 is 0 Å². The lowest BCUT2D eigenvalue weighted by Crippen LogP contribution is -2.29. The average molecular weight is 387 g/mol. The number of rotatable bonds is 5. The predicted molar refractivity (Wildman–Crippen MR) is 106 cm³/mol. The van der Waals surface area contributed by atoms with Crippen molar-refractivity contribution in [1.82, 2.24) is 9.88 Å². The fourth-order valence-electron chi connectivity index (χ4n) is 2.29. The molecule has 1 amide bonds.